The second kappa shape index (κ2) is 6.38. The minimum absolute atomic E-state index is 0.0146. The lowest BCUT2D eigenvalue weighted by atomic mass is 10.3. The number of hydrogen-bond donors (Lipinski definition) is 2. The first-order chi connectivity index (χ1) is 10.1. The molecule has 0 saturated carbocycles. The van der Waals surface area contributed by atoms with Crippen molar-refractivity contribution in [2.24, 2.45) is 10.7 Å². The van der Waals surface area contributed by atoms with Gasteiger partial charge in [-0.2, -0.15) is 0 Å². The molecule has 0 unspecified atom stereocenters. The Bertz CT molecular complexity index is 668. The summed E-state index contributed by atoms with van der Waals surface area (Å²) in [6, 6.07) is 13.1. The molecule has 0 radical (unpaired) electrons. The molecule has 0 aliphatic rings. The number of nitro groups is 1. The van der Waals surface area contributed by atoms with Crippen LogP contribution in [0.1, 0.15) is 0 Å². The largest absolute Gasteiger partial charge is 0.494 e. The average Bonchev–Trinajstić information content (AvgIpc) is 2.48. The number of aliphatic imine (C=N–C) groups is 1. The lowest BCUT2D eigenvalue weighted by Crippen LogP contribution is -2.21. The molecule has 0 atom stereocenters. The molecule has 21 heavy (non-hydrogen) atoms. The normalized spacial score (nSPS) is 11.0. The van der Waals surface area contributed by atoms with Crippen molar-refractivity contribution in [3.63, 3.8) is 0 Å². The maximum absolute atomic E-state index is 10.6. The van der Waals surface area contributed by atoms with Crippen LogP contribution in [0, 0.1) is 10.1 Å². The number of nitrogens with two attached hydrogens (primary N) is 1. The Balaban J connectivity index is 2.15. The summed E-state index contributed by atoms with van der Waals surface area (Å²) in [7, 11) is 1.55. The van der Waals surface area contributed by atoms with Gasteiger partial charge in [0.15, 0.2) is 5.96 Å². The van der Waals surface area contributed by atoms with E-state index in [9.17, 15) is 10.1 Å². The van der Waals surface area contributed by atoms with Crippen molar-refractivity contribution in [1.82, 2.24) is 0 Å². The molecule has 0 heterocycles. The Morgan fingerprint density at radius 2 is 1.90 bits per heavy atom. The number of ether oxygens (including phenoxy) is 1. The molecule has 0 bridgehead atoms. The number of guanidine groups is 1. The van der Waals surface area contributed by atoms with E-state index in [0.717, 1.165) is 0 Å². The molecule has 2 rings (SSSR count). The van der Waals surface area contributed by atoms with Crippen molar-refractivity contribution in [1.29, 1.82) is 0 Å². The third-order valence-electron chi connectivity index (χ3n) is 2.68. The highest BCUT2D eigenvalue weighted by atomic mass is 16.6. The van der Waals surface area contributed by atoms with E-state index >= 15 is 0 Å². The van der Waals surface area contributed by atoms with Gasteiger partial charge in [0.05, 0.1) is 12.0 Å². The highest BCUT2D eigenvalue weighted by molar-refractivity contribution is 5.94. The minimum atomic E-state index is -0.462. The minimum Gasteiger partial charge on any atom is -0.494 e. The second-order valence-corrected chi connectivity index (χ2v) is 4.10. The van der Waals surface area contributed by atoms with Crippen LogP contribution in [0.5, 0.6) is 5.75 Å². The number of benzene rings is 2. The highest BCUT2D eigenvalue weighted by Crippen LogP contribution is 2.26. The highest BCUT2D eigenvalue weighted by Gasteiger charge is 2.05. The van der Waals surface area contributed by atoms with Gasteiger partial charge in [0.25, 0.3) is 5.69 Å². The lowest BCUT2D eigenvalue weighted by molar-refractivity contribution is -0.384. The van der Waals surface area contributed by atoms with E-state index in [0.29, 0.717) is 17.1 Å². The predicted molar refractivity (Wildman–Crippen MR) is 81.0 cm³/mol. The lowest BCUT2D eigenvalue weighted by Gasteiger charge is -2.07. The molecule has 0 aliphatic carbocycles. The molecule has 0 amide bonds. The van der Waals surface area contributed by atoms with Crippen LogP contribution < -0.4 is 15.8 Å². The summed E-state index contributed by atoms with van der Waals surface area (Å²) in [6.07, 6.45) is 0. The molecule has 2 aromatic carbocycles. The smallest absolute Gasteiger partial charge is 0.269 e. The summed E-state index contributed by atoms with van der Waals surface area (Å²) < 4.78 is 5.17. The van der Waals surface area contributed by atoms with Gasteiger partial charge in [-0.05, 0) is 24.3 Å². The maximum Gasteiger partial charge on any atom is 0.269 e. The molecule has 0 fully saturated rings. The first-order valence-corrected chi connectivity index (χ1v) is 6.09. The van der Waals surface area contributed by atoms with E-state index in [1.54, 1.807) is 31.4 Å². The van der Waals surface area contributed by atoms with Gasteiger partial charge in [-0.25, -0.2) is 4.99 Å². The number of anilines is 1. The fourth-order valence-corrected chi connectivity index (χ4v) is 1.69. The van der Waals surface area contributed by atoms with E-state index in [1.165, 1.54) is 12.1 Å². The van der Waals surface area contributed by atoms with Gasteiger partial charge in [0, 0.05) is 17.8 Å². The van der Waals surface area contributed by atoms with Crippen LogP contribution in [0.2, 0.25) is 0 Å². The van der Waals surface area contributed by atoms with Gasteiger partial charge in [-0.3, -0.25) is 10.1 Å². The third kappa shape index (κ3) is 3.69. The number of nitrogens with zero attached hydrogens (tertiary/aromatic N) is 2. The molecule has 0 spiro atoms. The van der Waals surface area contributed by atoms with E-state index in [1.807, 2.05) is 12.1 Å². The van der Waals surface area contributed by atoms with Crippen molar-refractivity contribution in [2.75, 3.05) is 12.4 Å². The zero-order chi connectivity index (χ0) is 15.2. The summed E-state index contributed by atoms with van der Waals surface area (Å²) >= 11 is 0. The summed E-state index contributed by atoms with van der Waals surface area (Å²) in [5.74, 6) is 0.763. The number of para-hydroxylation sites is 2. The number of non-ortho nitro benzene ring substituents is 1. The van der Waals surface area contributed by atoms with Crippen LogP contribution in [-0.4, -0.2) is 18.0 Å². The van der Waals surface area contributed by atoms with E-state index in [-0.39, 0.29) is 11.6 Å². The molecule has 7 nitrogen and oxygen atoms in total. The fraction of sp³-hybridized carbons (Fsp3) is 0.0714. The van der Waals surface area contributed by atoms with Crippen molar-refractivity contribution in [2.45, 2.75) is 0 Å². The predicted octanol–water partition coefficient (Wildman–Crippen LogP) is 2.66. The van der Waals surface area contributed by atoms with Gasteiger partial charge in [0.2, 0.25) is 0 Å². The van der Waals surface area contributed by atoms with Crippen LogP contribution in [0.25, 0.3) is 0 Å². The fourth-order valence-electron chi connectivity index (χ4n) is 1.69. The standard InChI is InChI=1S/C14H14N4O3/c1-21-13-5-3-2-4-12(13)17-14(15)16-10-6-8-11(9-7-10)18(19)20/h2-9H,1H3,(H3,15,16,17). The molecule has 0 saturated heterocycles. The van der Waals surface area contributed by atoms with Crippen molar-refractivity contribution in [3.8, 4) is 5.75 Å². The van der Waals surface area contributed by atoms with Crippen LogP contribution in [-0.2, 0) is 0 Å². The summed E-state index contributed by atoms with van der Waals surface area (Å²) in [6.45, 7) is 0. The Morgan fingerprint density at radius 1 is 1.24 bits per heavy atom. The second-order valence-electron chi connectivity index (χ2n) is 4.10. The Labute approximate surface area is 121 Å². The molecule has 2 aromatic rings. The summed E-state index contributed by atoms with van der Waals surface area (Å²) in [5, 5.41) is 13.4. The SMILES string of the molecule is COc1ccccc1N=C(N)Nc1ccc([N+](=O)[O-])cc1. The van der Waals surface area contributed by atoms with Crippen LogP contribution in [0.4, 0.5) is 17.1 Å². The first kappa shape index (κ1) is 14.3. The molecular weight excluding hydrogens is 272 g/mol. The number of nitro benzene ring substituents is 1. The molecule has 108 valence electrons. The first-order valence-electron chi connectivity index (χ1n) is 6.09. The Hall–Kier alpha value is -3.09. The van der Waals surface area contributed by atoms with Gasteiger partial charge in [0.1, 0.15) is 11.4 Å². The molecular formula is C14H14N4O3. The van der Waals surface area contributed by atoms with Crippen LogP contribution >= 0.6 is 0 Å². The number of methoxy groups -OCH3 is 1. The molecule has 3 N–H and O–H groups in total. The third-order valence-corrected chi connectivity index (χ3v) is 2.68. The van der Waals surface area contributed by atoms with E-state index in [4.69, 9.17) is 10.5 Å². The van der Waals surface area contributed by atoms with Crippen molar-refractivity contribution < 1.29 is 9.66 Å². The van der Waals surface area contributed by atoms with Crippen molar-refractivity contribution in [3.05, 3.63) is 58.6 Å². The van der Waals surface area contributed by atoms with Gasteiger partial charge >= 0.3 is 0 Å². The zero-order valence-electron chi connectivity index (χ0n) is 11.3. The van der Waals surface area contributed by atoms with Crippen LogP contribution in [0.3, 0.4) is 0 Å². The van der Waals surface area contributed by atoms with E-state index < -0.39 is 4.92 Å². The molecule has 7 heteroatoms. The Morgan fingerprint density at radius 3 is 2.52 bits per heavy atom. The molecule has 0 aliphatic heterocycles. The number of rotatable bonds is 4. The number of hydrogen-bond acceptors (Lipinski definition) is 4. The molecule has 0 aromatic heterocycles. The van der Waals surface area contributed by atoms with Crippen molar-refractivity contribution >= 4 is 23.0 Å². The van der Waals surface area contributed by atoms with Gasteiger partial charge in [-0.1, -0.05) is 12.1 Å². The monoisotopic (exact) mass is 286 g/mol. The van der Waals surface area contributed by atoms with Gasteiger partial charge in [-0.15, -0.1) is 0 Å². The van der Waals surface area contributed by atoms with Crippen LogP contribution in [0.15, 0.2) is 53.5 Å². The Kier molecular flexibility index (Phi) is 4.35. The summed E-state index contributed by atoms with van der Waals surface area (Å²) in [4.78, 5) is 14.3. The zero-order valence-corrected chi connectivity index (χ0v) is 11.3. The topological polar surface area (TPSA) is 103 Å². The maximum atomic E-state index is 10.6. The number of nitrogens with one attached hydrogen (secondary N) is 1. The summed E-state index contributed by atoms with van der Waals surface area (Å²) in [5.41, 5.74) is 7.02. The average molecular weight is 286 g/mol. The van der Waals surface area contributed by atoms with Gasteiger partial charge < -0.3 is 15.8 Å². The quantitative estimate of drug-likeness (QED) is 0.389. The van der Waals surface area contributed by atoms with E-state index in [2.05, 4.69) is 10.3 Å².